The Morgan fingerprint density at radius 3 is 2.67 bits per heavy atom. The predicted octanol–water partition coefficient (Wildman–Crippen LogP) is 2.23. The molecule has 1 amide bonds. The number of hydrogen-bond donors (Lipinski definition) is 2. The highest BCUT2D eigenvalue weighted by atomic mass is 35.5. The molecule has 0 aliphatic heterocycles. The monoisotopic (exact) mass is 311 g/mol. The van der Waals surface area contributed by atoms with Gasteiger partial charge in [-0.2, -0.15) is 0 Å². The van der Waals surface area contributed by atoms with Gasteiger partial charge in [-0.25, -0.2) is 4.98 Å². The molecule has 0 atom stereocenters. The Balaban J connectivity index is 2.03. The van der Waals surface area contributed by atoms with Crippen molar-refractivity contribution in [3.8, 4) is 0 Å². The van der Waals surface area contributed by atoms with Crippen molar-refractivity contribution < 1.29 is 9.90 Å². The molecule has 116 valence electrons. The van der Waals surface area contributed by atoms with Crippen LogP contribution < -0.4 is 10.2 Å². The molecular formula is C15H22ClN3O2. The number of halogens is 1. The van der Waals surface area contributed by atoms with Gasteiger partial charge in [0.1, 0.15) is 11.0 Å². The Labute approximate surface area is 130 Å². The van der Waals surface area contributed by atoms with Gasteiger partial charge in [0.25, 0.3) is 5.91 Å². The van der Waals surface area contributed by atoms with Crippen molar-refractivity contribution in [2.24, 2.45) is 0 Å². The second-order valence-electron chi connectivity index (χ2n) is 5.90. The fraction of sp³-hybridized carbons (Fsp3) is 0.600. The molecule has 1 aliphatic carbocycles. The first-order valence-corrected chi connectivity index (χ1v) is 7.63. The number of rotatable bonds is 4. The Bertz CT molecular complexity index is 514. The number of amides is 1. The minimum absolute atomic E-state index is 0.235. The van der Waals surface area contributed by atoms with Gasteiger partial charge in [-0.3, -0.25) is 4.79 Å². The summed E-state index contributed by atoms with van der Waals surface area (Å²) in [6.07, 6.45) is 4.67. The van der Waals surface area contributed by atoms with E-state index in [1.807, 2.05) is 14.1 Å². The van der Waals surface area contributed by atoms with E-state index >= 15 is 0 Å². The average molecular weight is 312 g/mol. The fourth-order valence-corrected chi connectivity index (χ4v) is 2.78. The Hall–Kier alpha value is -1.33. The first kappa shape index (κ1) is 16.0. The van der Waals surface area contributed by atoms with Crippen LogP contribution in [0.25, 0.3) is 0 Å². The van der Waals surface area contributed by atoms with Gasteiger partial charge in [0.15, 0.2) is 0 Å². The lowest BCUT2D eigenvalue weighted by Gasteiger charge is -2.32. The number of carbonyl (C=O) groups excluding carboxylic acids is 1. The SMILES string of the molecule is CN(C)c1cc(C(=O)NCC2(O)CCCCC2)cc(Cl)n1. The van der Waals surface area contributed by atoms with Crippen LogP contribution in [0, 0.1) is 0 Å². The number of hydrogen-bond acceptors (Lipinski definition) is 4. The highest BCUT2D eigenvalue weighted by Crippen LogP contribution is 2.27. The minimum atomic E-state index is -0.769. The van der Waals surface area contributed by atoms with Crippen LogP contribution >= 0.6 is 11.6 Å². The summed E-state index contributed by atoms with van der Waals surface area (Å²) in [7, 11) is 3.68. The van der Waals surface area contributed by atoms with Gasteiger partial charge in [0, 0.05) is 26.2 Å². The Kier molecular flexibility index (Phi) is 5.06. The van der Waals surface area contributed by atoms with Crippen molar-refractivity contribution in [2.45, 2.75) is 37.7 Å². The van der Waals surface area contributed by atoms with Crippen molar-refractivity contribution >= 4 is 23.3 Å². The summed E-state index contributed by atoms with van der Waals surface area (Å²) in [6.45, 7) is 0.281. The molecule has 1 aromatic rings. The maximum Gasteiger partial charge on any atom is 0.251 e. The highest BCUT2D eigenvalue weighted by Gasteiger charge is 2.29. The molecular weight excluding hydrogens is 290 g/mol. The van der Waals surface area contributed by atoms with Gasteiger partial charge in [-0.1, -0.05) is 30.9 Å². The highest BCUT2D eigenvalue weighted by molar-refractivity contribution is 6.29. The molecule has 0 unspecified atom stereocenters. The summed E-state index contributed by atoms with van der Waals surface area (Å²) in [4.78, 5) is 18.2. The number of pyridine rings is 1. The Morgan fingerprint density at radius 2 is 2.05 bits per heavy atom. The molecule has 2 rings (SSSR count). The van der Waals surface area contributed by atoms with Crippen molar-refractivity contribution in [2.75, 3.05) is 25.5 Å². The largest absolute Gasteiger partial charge is 0.388 e. The van der Waals surface area contributed by atoms with Gasteiger partial charge in [-0.05, 0) is 25.0 Å². The van der Waals surface area contributed by atoms with Crippen LogP contribution in [0.15, 0.2) is 12.1 Å². The summed E-state index contributed by atoms with van der Waals surface area (Å²) in [6, 6.07) is 3.22. The minimum Gasteiger partial charge on any atom is -0.388 e. The quantitative estimate of drug-likeness (QED) is 0.837. The number of anilines is 1. The second-order valence-corrected chi connectivity index (χ2v) is 6.29. The van der Waals surface area contributed by atoms with Crippen LogP contribution in [0.5, 0.6) is 0 Å². The molecule has 1 saturated carbocycles. The third-order valence-corrected chi connectivity index (χ3v) is 4.06. The average Bonchev–Trinajstić information content (AvgIpc) is 2.45. The van der Waals surface area contributed by atoms with Crippen molar-refractivity contribution in [3.63, 3.8) is 0 Å². The van der Waals surface area contributed by atoms with Crippen molar-refractivity contribution in [1.82, 2.24) is 10.3 Å². The molecule has 5 nitrogen and oxygen atoms in total. The summed E-state index contributed by atoms with van der Waals surface area (Å²) in [5, 5.41) is 13.5. The molecule has 0 bridgehead atoms. The molecule has 0 saturated heterocycles. The van der Waals surface area contributed by atoms with E-state index < -0.39 is 5.60 Å². The molecule has 21 heavy (non-hydrogen) atoms. The van der Waals surface area contributed by atoms with E-state index in [0.717, 1.165) is 32.1 Å². The normalized spacial score (nSPS) is 17.3. The lowest BCUT2D eigenvalue weighted by atomic mass is 9.85. The number of aromatic nitrogens is 1. The summed E-state index contributed by atoms with van der Waals surface area (Å²) >= 11 is 5.95. The predicted molar refractivity (Wildman–Crippen MR) is 83.9 cm³/mol. The van der Waals surface area contributed by atoms with Gasteiger partial charge in [0.05, 0.1) is 5.60 Å². The van der Waals surface area contributed by atoms with Gasteiger partial charge >= 0.3 is 0 Å². The number of nitrogens with zero attached hydrogens (tertiary/aromatic N) is 2. The van der Waals surface area contributed by atoms with E-state index in [0.29, 0.717) is 11.4 Å². The second kappa shape index (κ2) is 6.62. The van der Waals surface area contributed by atoms with E-state index in [1.54, 1.807) is 11.0 Å². The smallest absolute Gasteiger partial charge is 0.251 e. The van der Waals surface area contributed by atoms with Crippen molar-refractivity contribution in [1.29, 1.82) is 0 Å². The van der Waals surface area contributed by atoms with Gasteiger partial charge in [0.2, 0.25) is 0 Å². The van der Waals surface area contributed by atoms with E-state index in [4.69, 9.17) is 11.6 Å². The number of aliphatic hydroxyl groups is 1. The van der Waals surface area contributed by atoms with Gasteiger partial charge < -0.3 is 15.3 Å². The molecule has 2 N–H and O–H groups in total. The van der Waals surface area contributed by atoms with E-state index in [1.165, 1.54) is 6.07 Å². The van der Waals surface area contributed by atoms with Crippen LogP contribution in [-0.4, -0.2) is 42.2 Å². The van der Waals surface area contributed by atoms with Gasteiger partial charge in [-0.15, -0.1) is 0 Å². The van der Waals surface area contributed by atoms with Crippen LogP contribution in [0.1, 0.15) is 42.5 Å². The summed E-state index contributed by atoms with van der Waals surface area (Å²) in [5.41, 5.74) is -0.312. The molecule has 1 aromatic heterocycles. The van der Waals surface area contributed by atoms with E-state index in [9.17, 15) is 9.90 Å². The molecule has 0 radical (unpaired) electrons. The van der Waals surface area contributed by atoms with Crippen LogP contribution in [0.4, 0.5) is 5.82 Å². The fourth-order valence-electron chi connectivity index (χ4n) is 2.58. The summed E-state index contributed by atoms with van der Waals surface area (Å²) in [5.74, 6) is 0.394. The Morgan fingerprint density at radius 1 is 1.38 bits per heavy atom. The zero-order valence-corrected chi connectivity index (χ0v) is 13.3. The van der Waals surface area contributed by atoms with Crippen LogP contribution in [0.2, 0.25) is 5.15 Å². The summed E-state index contributed by atoms with van der Waals surface area (Å²) < 4.78 is 0. The molecule has 6 heteroatoms. The maximum absolute atomic E-state index is 12.2. The standard InChI is InChI=1S/C15H22ClN3O2/c1-19(2)13-9-11(8-12(16)18-13)14(20)17-10-15(21)6-4-3-5-7-15/h8-9,21H,3-7,10H2,1-2H3,(H,17,20). The molecule has 1 fully saturated rings. The first-order valence-electron chi connectivity index (χ1n) is 7.25. The topological polar surface area (TPSA) is 65.5 Å². The molecule has 1 heterocycles. The van der Waals surface area contributed by atoms with E-state index in [-0.39, 0.29) is 17.6 Å². The molecule has 0 aromatic carbocycles. The first-order chi connectivity index (χ1) is 9.89. The zero-order valence-electron chi connectivity index (χ0n) is 12.5. The number of nitrogens with one attached hydrogen (secondary N) is 1. The maximum atomic E-state index is 12.2. The lowest BCUT2D eigenvalue weighted by molar-refractivity contribution is 0.00526. The molecule has 1 aliphatic rings. The third kappa shape index (κ3) is 4.32. The molecule has 0 spiro atoms. The third-order valence-electron chi connectivity index (χ3n) is 3.86. The lowest BCUT2D eigenvalue weighted by Crippen LogP contribution is -2.44. The van der Waals surface area contributed by atoms with Crippen molar-refractivity contribution in [3.05, 3.63) is 22.8 Å². The zero-order chi connectivity index (χ0) is 15.5. The van der Waals surface area contributed by atoms with Crippen LogP contribution in [0.3, 0.4) is 0 Å². The number of carbonyl (C=O) groups is 1. The van der Waals surface area contributed by atoms with Crippen LogP contribution in [-0.2, 0) is 0 Å². The van der Waals surface area contributed by atoms with E-state index in [2.05, 4.69) is 10.3 Å².